The Bertz CT molecular complexity index is 870. The molecule has 0 bridgehead atoms. The molecule has 3 rings (SSSR count). The van der Waals surface area contributed by atoms with E-state index in [-0.39, 0.29) is 6.61 Å². The molecule has 8 heteroatoms. The summed E-state index contributed by atoms with van der Waals surface area (Å²) in [5, 5.41) is 0. The number of fused-ring (bicyclic) bond motifs is 1. The van der Waals surface area contributed by atoms with Crippen LogP contribution in [0.4, 0.5) is 0 Å². The summed E-state index contributed by atoms with van der Waals surface area (Å²) in [6.07, 6.45) is -0.364. The van der Waals surface area contributed by atoms with Crippen LogP contribution in [0.5, 0.6) is 11.5 Å². The highest BCUT2D eigenvalue weighted by Gasteiger charge is 2.27. The van der Waals surface area contributed by atoms with Gasteiger partial charge in [-0.2, -0.15) is 0 Å². The van der Waals surface area contributed by atoms with Gasteiger partial charge in [0.15, 0.2) is 18.1 Å². The van der Waals surface area contributed by atoms with Crippen LogP contribution < -0.4 is 20.3 Å². The molecule has 0 aliphatic carbocycles. The van der Waals surface area contributed by atoms with Gasteiger partial charge in [0.1, 0.15) is 6.61 Å². The van der Waals surface area contributed by atoms with Gasteiger partial charge >= 0.3 is 5.97 Å². The number of carbonyl (C=O) groups excluding carboxylic acids is 3. The third-order valence-corrected chi connectivity index (χ3v) is 4.37. The van der Waals surface area contributed by atoms with Crippen LogP contribution >= 0.6 is 0 Å². The van der Waals surface area contributed by atoms with Crippen molar-refractivity contribution in [2.24, 2.45) is 0 Å². The van der Waals surface area contributed by atoms with Crippen molar-refractivity contribution in [1.82, 2.24) is 10.9 Å². The zero-order valence-corrected chi connectivity index (χ0v) is 15.9. The standard InChI is InChI=1S/C21H22N2O6/c1-2-15(14-8-4-3-5-9-14)21(26)28-13-19(24)22-23-20(25)18-12-27-16-10-6-7-11-17(16)29-18/h3-11,15,18H,2,12-13H2,1H3,(H,22,24)(H,23,25)/t15-,18-/m1/s1. The number of carbonyl (C=O) groups is 3. The summed E-state index contributed by atoms with van der Waals surface area (Å²) in [7, 11) is 0. The molecule has 0 spiro atoms. The van der Waals surface area contributed by atoms with E-state index in [1.54, 1.807) is 24.3 Å². The van der Waals surface area contributed by atoms with Gasteiger partial charge in [-0.05, 0) is 24.1 Å². The molecule has 2 aromatic carbocycles. The Morgan fingerprint density at radius 3 is 2.45 bits per heavy atom. The number of hydrogen-bond acceptors (Lipinski definition) is 6. The van der Waals surface area contributed by atoms with E-state index in [4.69, 9.17) is 14.2 Å². The van der Waals surface area contributed by atoms with Gasteiger partial charge in [-0.1, -0.05) is 49.4 Å². The quantitative estimate of drug-likeness (QED) is 0.567. The maximum absolute atomic E-state index is 12.3. The number of hydrogen-bond donors (Lipinski definition) is 2. The average Bonchev–Trinajstić information content (AvgIpc) is 2.77. The maximum atomic E-state index is 12.3. The van der Waals surface area contributed by atoms with Crippen LogP contribution in [0.3, 0.4) is 0 Å². The molecule has 2 N–H and O–H groups in total. The number of ether oxygens (including phenoxy) is 3. The van der Waals surface area contributed by atoms with Crippen LogP contribution in [0.15, 0.2) is 54.6 Å². The molecule has 2 aromatic rings. The topological polar surface area (TPSA) is 103 Å². The fourth-order valence-corrected chi connectivity index (χ4v) is 2.86. The summed E-state index contributed by atoms with van der Waals surface area (Å²) < 4.78 is 16.1. The number of amides is 2. The highest BCUT2D eigenvalue weighted by atomic mass is 16.6. The molecule has 0 radical (unpaired) electrons. The molecule has 0 saturated carbocycles. The van der Waals surface area contributed by atoms with Crippen molar-refractivity contribution in [3.63, 3.8) is 0 Å². The van der Waals surface area contributed by atoms with Crippen LogP contribution in [0.1, 0.15) is 24.8 Å². The van der Waals surface area contributed by atoms with E-state index in [1.807, 2.05) is 37.3 Å². The predicted octanol–water partition coefficient (Wildman–Crippen LogP) is 1.71. The van der Waals surface area contributed by atoms with Gasteiger partial charge in [-0.25, -0.2) is 0 Å². The number of nitrogens with one attached hydrogen (secondary N) is 2. The molecule has 0 saturated heterocycles. The van der Waals surface area contributed by atoms with Crippen molar-refractivity contribution in [1.29, 1.82) is 0 Å². The third-order valence-electron chi connectivity index (χ3n) is 4.37. The van der Waals surface area contributed by atoms with Crippen LogP contribution in [0, 0.1) is 0 Å². The molecule has 0 aromatic heterocycles. The predicted molar refractivity (Wildman–Crippen MR) is 103 cm³/mol. The largest absolute Gasteiger partial charge is 0.485 e. The first-order chi connectivity index (χ1) is 14.1. The molecule has 8 nitrogen and oxygen atoms in total. The monoisotopic (exact) mass is 398 g/mol. The summed E-state index contributed by atoms with van der Waals surface area (Å²) in [5.74, 6) is -1.18. The number of hydrazine groups is 1. The van der Waals surface area contributed by atoms with E-state index in [2.05, 4.69) is 10.9 Å². The SMILES string of the molecule is CC[C@@H](C(=O)OCC(=O)NNC(=O)[C@H]1COc2ccccc2O1)c1ccccc1. The van der Waals surface area contributed by atoms with E-state index in [0.29, 0.717) is 17.9 Å². The van der Waals surface area contributed by atoms with Gasteiger partial charge in [0.2, 0.25) is 6.10 Å². The molecule has 1 aliphatic rings. The van der Waals surface area contributed by atoms with Crippen molar-refractivity contribution in [2.45, 2.75) is 25.4 Å². The van der Waals surface area contributed by atoms with E-state index < -0.39 is 36.4 Å². The number of para-hydroxylation sites is 2. The minimum atomic E-state index is -0.907. The second kappa shape index (κ2) is 9.59. The number of esters is 1. The average molecular weight is 398 g/mol. The van der Waals surface area contributed by atoms with Crippen molar-refractivity contribution in [3.8, 4) is 11.5 Å². The molecular formula is C21H22N2O6. The first-order valence-electron chi connectivity index (χ1n) is 9.27. The summed E-state index contributed by atoms with van der Waals surface area (Å²) in [4.78, 5) is 36.3. The lowest BCUT2D eigenvalue weighted by Gasteiger charge is -2.25. The number of benzene rings is 2. The highest BCUT2D eigenvalue weighted by Crippen LogP contribution is 2.30. The molecule has 1 aliphatic heterocycles. The highest BCUT2D eigenvalue weighted by molar-refractivity contribution is 5.87. The van der Waals surface area contributed by atoms with Gasteiger partial charge < -0.3 is 14.2 Å². The van der Waals surface area contributed by atoms with Gasteiger partial charge in [0.25, 0.3) is 11.8 Å². The van der Waals surface area contributed by atoms with Crippen molar-refractivity contribution < 1.29 is 28.6 Å². The molecule has 0 fully saturated rings. The van der Waals surface area contributed by atoms with E-state index in [1.165, 1.54) is 0 Å². The molecule has 1 heterocycles. The van der Waals surface area contributed by atoms with Gasteiger partial charge in [0.05, 0.1) is 5.92 Å². The molecule has 0 unspecified atom stereocenters. The Kier molecular flexibility index (Phi) is 6.67. The van der Waals surface area contributed by atoms with Crippen LogP contribution in [0.2, 0.25) is 0 Å². The first-order valence-corrected chi connectivity index (χ1v) is 9.27. The Hall–Kier alpha value is -3.55. The summed E-state index contributed by atoms with van der Waals surface area (Å²) >= 11 is 0. The summed E-state index contributed by atoms with van der Waals surface area (Å²) in [5.41, 5.74) is 5.27. The summed E-state index contributed by atoms with van der Waals surface area (Å²) in [6.45, 7) is 1.37. The lowest BCUT2D eigenvalue weighted by molar-refractivity contribution is -0.150. The van der Waals surface area contributed by atoms with Gasteiger partial charge in [0, 0.05) is 0 Å². The van der Waals surface area contributed by atoms with Crippen LogP contribution in [-0.4, -0.2) is 37.1 Å². The zero-order valence-electron chi connectivity index (χ0n) is 15.9. The van der Waals surface area contributed by atoms with Gasteiger partial charge in [-0.15, -0.1) is 0 Å². The second-order valence-corrected chi connectivity index (χ2v) is 6.38. The van der Waals surface area contributed by atoms with Crippen molar-refractivity contribution in [2.75, 3.05) is 13.2 Å². The zero-order chi connectivity index (χ0) is 20.6. The normalized spacial score (nSPS) is 15.7. The second-order valence-electron chi connectivity index (χ2n) is 6.38. The molecular weight excluding hydrogens is 376 g/mol. The molecule has 29 heavy (non-hydrogen) atoms. The summed E-state index contributed by atoms with van der Waals surface area (Å²) in [6, 6.07) is 16.2. The Labute approximate surface area is 168 Å². The van der Waals surface area contributed by atoms with Crippen LogP contribution in [0.25, 0.3) is 0 Å². The first kappa shape index (κ1) is 20.2. The fraction of sp³-hybridized carbons (Fsp3) is 0.286. The number of rotatable bonds is 6. The minimum absolute atomic E-state index is 0.0168. The van der Waals surface area contributed by atoms with Crippen molar-refractivity contribution >= 4 is 17.8 Å². The fourth-order valence-electron chi connectivity index (χ4n) is 2.86. The van der Waals surface area contributed by atoms with E-state index >= 15 is 0 Å². The molecule has 152 valence electrons. The lowest BCUT2D eigenvalue weighted by Crippen LogP contribution is -2.51. The van der Waals surface area contributed by atoms with E-state index in [9.17, 15) is 14.4 Å². The Morgan fingerprint density at radius 1 is 1.03 bits per heavy atom. The van der Waals surface area contributed by atoms with E-state index in [0.717, 1.165) is 5.56 Å². The molecule has 2 amide bonds. The maximum Gasteiger partial charge on any atom is 0.313 e. The van der Waals surface area contributed by atoms with Crippen molar-refractivity contribution in [3.05, 3.63) is 60.2 Å². The Morgan fingerprint density at radius 2 is 1.72 bits per heavy atom. The van der Waals surface area contributed by atoms with Crippen LogP contribution in [-0.2, 0) is 19.1 Å². The van der Waals surface area contributed by atoms with Gasteiger partial charge in [-0.3, -0.25) is 25.2 Å². The molecule has 2 atom stereocenters. The Balaban J connectivity index is 1.43. The minimum Gasteiger partial charge on any atom is -0.485 e. The third kappa shape index (κ3) is 5.25. The lowest BCUT2D eigenvalue weighted by atomic mass is 9.97. The smallest absolute Gasteiger partial charge is 0.313 e.